The van der Waals surface area contributed by atoms with Crippen LogP contribution >= 0.6 is 0 Å². The summed E-state index contributed by atoms with van der Waals surface area (Å²) in [5, 5.41) is 3.62. The van der Waals surface area contributed by atoms with Crippen molar-refractivity contribution >= 4 is 5.69 Å². The zero-order valence-corrected chi connectivity index (χ0v) is 12.1. The van der Waals surface area contributed by atoms with Gasteiger partial charge >= 0.3 is 0 Å². The smallest absolute Gasteiger partial charge is 0.0600 e. The second kappa shape index (κ2) is 5.49. The molecule has 2 fully saturated rings. The van der Waals surface area contributed by atoms with Crippen molar-refractivity contribution in [1.82, 2.24) is 10.3 Å². The molecule has 3 heteroatoms. The molecule has 2 heterocycles. The molecule has 2 atom stereocenters. The van der Waals surface area contributed by atoms with Crippen LogP contribution in [0.4, 0.5) is 5.69 Å². The quantitative estimate of drug-likeness (QED) is 0.901. The molecule has 0 radical (unpaired) electrons. The van der Waals surface area contributed by atoms with Crippen LogP contribution in [0.15, 0.2) is 18.5 Å². The summed E-state index contributed by atoms with van der Waals surface area (Å²) in [7, 11) is 0. The molecular weight excluding hydrogens is 234 g/mol. The average molecular weight is 259 g/mol. The van der Waals surface area contributed by atoms with E-state index in [1.54, 1.807) is 0 Å². The van der Waals surface area contributed by atoms with Gasteiger partial charge in [-0.05, 0) is 50.2 Å². The van der Waals surface area contributed by atoms with Crippen LogP contribution in [0.2, 0.25) is 0 Å². The van der Waals surface area contributed by atoms with E-state index >= 15 is 0 Å². The summed E-state index contributed by atoms with van der Waals surface area (Å²) in [6.45, 7) is 6.87. The predicted molar refractivity (Wildman–Crippen MR) is 79.3 cm³/mol. The van der Waals surface area contributed by atoms with E-state index in [1.807, 2.05) is 6.20 Å². The maximum Gasteiger partial charge on any atom is 0.0600 e. The largest absolute Gasteiger partial charge is 0.367 e. The van der Waals surface area contributed by atoms with Crippen molar-refractivity contribution in [1.29, 1.82) is 0 Å². The summed E-state index contributed by atoms with van der Waals surface area (Å²) in [5.41, 5.74) is 2.75. The van der Waals surface area contributed by atoms with E-state index < -0.39 is 0 Å². The number of nitrogens with one attached hydrogen (secondary N) is 1. The Bertz CT molecular complexity index is 428. The van der Waals surface area contributed by atoms with E-state index in [0.29, 0.717) is 6.04 Å². The van der Waals surface area contributed by atoms with Gasteiger partial charge in [0.2, 0.25) is 0 Å². The summed E-state index contributed by atoms with van der Waals surface area (Å²) in [4.78, 5) is 6.90. The highest BCUT2D eigenvalue weighted by atomic mass is 15.2. The van der Waals surface area contributed by atoms with E-state index in [2.05, 4.69) is 41.3 Å². The van der Waals surface area contributed by atoms with Gasteiger partial charge in [-0.3, -0.25) is 4.98 Å². The lowest BCUT2D eigenvalue weighted by Crippen LogP contribution is -2.41. The lowest BCUT2D eigenvalue weighted by atomic mass is 9.92. The molecule has 1 aliphatic carbocycles. The minimum Gasteiger partial charge on any atom is -0.367 e. The Hall–Kier alpha value is -1.09. The summed E-state index contributed by atoms with van der Waals surface area (Å²) in [6.07, 6.45) is 9.26. The second-order valence-corrected chi connectivity index (χ2v) is 6.33. The van der Waals surface area contributed by atoms with Gasteiger partial charge in [-0.15, -0.1) is 0 Å². The van der Waals surface area contributed by atoms with E-state index in [9.17, 15) is 0 Å². The molecular formula is C16H25N3. The molecule has 3 rings (SSSR count). The van der Waals surface area contributed by atoms with Crippen molar-refractivity contribution in [2.24, 2.45) is 5.92 Å². The number of piperidine rings is 1. The summed E-state index contributed by atoms with van der Waals surface area (Å²) in [6, 6.07) is 3.57. The first-order valence-corrected chi connectivity index (χ1v) is 7.67. The predicted octanol–water partition coefficient (Wildman–Crippen LogP) is 2.96. The van der Waals surface area contributed by atoms with Crippen molar-refractivity contribution in [3.8, 4) is 0 Å². The molecule has 1 N–H and O–H groups in total. The fraction of sp³-hybridized carbons (Fsp3) is 0.688. The van der Waals surface area contributed by atoms with Crippen LogP contribution in [0.5, 0.6) is 0 Å². The minimum atomic E-state index is 0.632. The zero-order chi connectivity index (χ0) is 13.2. The maximum absolute atomic E-state index is 4.35. The fourth-order valence-corrected chi connectivity index (χ4v) is 3.13. The molecule has 0 aromatic carbocycles. The first-order chi connectivity index (χ1) is 9.24. The molecule has 0 bridgehead atoms. The lowest BCUT2D eigenvalue weighted by molar-refractivity contribution is 0.377. The van der Waals surface area contributed by atoms with Gasteiger partial charge in [0.05, 0.1) is 11.9 Å². The summed E-state index contributed by atoms with van der Waals surface area (Å²) >= 11 is 0. The van der Waals surface area contributed by atoms with Gasteiger partial charge in [-0.2, -0.15) is 0 Å². The number of hydrogen-bond donors (Lipinski definition) is 1. The Labute approximate surface area is 116 Å². The van der Waals surface area contributed by atoms with Gasteiger partial charge in [0, 0.05) is 31.4 Å². The highest BCUT2D eigenvalue weighted by Gasteiger charge is 2.25. The van der Waals surface area contributed by atoms with E-state index in [-0.39, 0.29) is 0 Å². The molecule has 1 aromatic heterocycles. The third-order valence-corrected chi connectivity index (χ3v) is 4.49. The average Bonchev–Trinajstić information content (AvgIpc) is 3.21. The first kappa shape index (κ1) is 12.9. The number of hydrogen-bond acceptors (Lipinski definition) is 3. The minimum absolute atomic E-state index is 0.632. The Morgan fingerprint density at radius 2 is 2.16 bits per heavy atom. The molecule has 2 aliphatic rings. The molecule has 2 unspecified atom stereocenters. The van der Waals surface area contributed by atoms with Gasteiger partial charge in [0.1, 0.15) is 0 Å². The van der Waals surface area contributed by atoms with Gasteiger partial charge < -0.3 is 10.2 Å². The van der Waals surface area contributed by atoms with Crippen molar-refractivity contribution in [2.75, 3.05) is 11.4 Å². The van der Waals surface area contributed by atoms with Crippen molar-refractivity contribution in [3.05, 3.63) is 24.0 Å². The van der Waals surface area contributed by atoms with Crippen LogP contribution in [-0.2, 0) is 6.54 Å². The van der Waals surface area contributed by atoms with Crippen LogP contribution in [-0.4, -0.2) is 23.6 Å². The molecule has 19 heavy (non-hydrogen) atoms. The maximum atomic E-state index is 4.35. The van der Waals surface area contributed by atoms with Crippen LogP contribution in [0.1, 0.15) is 45.1 Å². The number of anilines is 1. The van der Waals surface area contributed by atoms with Crippen LogP contribution in [0.25, 0.3) is 0 Å². The molecule has 0 spiro atoms. The Morgan fingerprint density at radius 3 is 2.89 bits per heavy atom. The van der Waals surface area contributed by atoms with Crippen LogP contribution < -0.4 is 10.2 Å². The SMILES string of the molecule is CC1CCN(c2cnccc2CNC2CC2)C(C)C1. The number of aromatic nitrogens is 1. The third-order valence-electron chi connectivity index (χ3n) is 4.49. The second-order valence-electron chi connectivity index (χ2n) is 6.33. The topological polar surface area (TPSA) is 28.2 Å². The molecule has 1 saturated carbocycles. The van der Waals surface area contributed by atoms with Crippen LogP contribution in [0.3, 0.4) is 0 Å². The van der Waals surface area contributed by atoms with E-state index in [1.165, 1.54) is 43.5 Å². The zero-order valence-electron chi connectivity index (χ0n) is 12.1. The third kappa shape index (κ3) is 3.08. The normalized spacial score (nSPS) is 27.6. The van der Waals surface area contributed by atoms with E-state index in [0.717, 1.165) is 18.5 Å². The summed E-state index contributed by atoms with van der Waals surface area (Å²) in [5.74, 6) is 0.857. The monoisotopic (exact) mass is 259 g/mol. The fourth-order valence-electron chi connectivity index (χ4n) is 3.13. The Morgan fingerprint density at radius 1 is 1.32 bits per heavy atom. The highest BCUT2D eigenvalue weighted by molar-refractivity contribution is 5.52. The molecule has 1 aliphatic heterocycles. The number of rotatable bonds is 4. The van der Waals surface area contributed by atoms with Gasteiger partial charge in [0.15, 0.2) is 0 Å². The summed E-state index contributed by atoms with van der Waals surface area (Å²) < 4.78 is 0. The lowest BCUT2D eigenvalue weighted by Gasteiger charge is -2.39. The molecule has 104 valence electrons. The molecule has 1 aromatic rings. The van der Waals surface area contributed by atoms with Gasteiger partial charge in [0.25, 0.3) is 0 Å². The Kier molecular flexibility index (Phi) is 3.74. The highest BCUT2D eigenvalue weighted by Crippen LogP contribution is 2.30. The van der Waals surface area contributed by atoms with Crippen molar-refractivity contribution in [3.63, 3.8) is 0 Å². The molecule has 0 amide bonds. The van der Waals surface area contributed by atoms with E-state index in [4.69, 9.17) is 0 Å². The van der Waals surface area contributed by atoms with Crippen LogP contribution in [0, 0.1) is 5.92 Å². The number of pyridine rings is 1. The molecule has 3 nitrogen and oxygen atoms in total. The van der Waals surface area contributed by atoms with Crippen molar-refractivity contribution in [2.45, 2.75) is 58.2 Å². The Balaban J connectivity index is 1.74. The van der Waals surface area contributed by atoms with Crippen molar-refractivity contribution < 1.29 is 0 Å². The number of nitrogens with zero attached hydrogens (tertiary/aromatic N) is 2. The standard InChI is InChI=1S/C16H25N3/c1-12-6-8-19(13(2)9-12)16-11-17-7-5-14(16)10-18-15-3-4-15/h5,7,11-13,15,18H,3-4,6,8-10H2,1-2H3. The first-order valence-electron chi connectivity index (χ1n) is 7.67. The van der Waals surface area contributed by atoms with Gasteiger partial charge in [-0.25, -0.2) is 0 Å². The molecule has 1 saturated heterocycles. The van der Waals surface area contributed by atoms with Gasteiger partial charge in [-0.1, -0.05) is 6.92 Å².